The van der Waals surface area contributed by atoms with Crippen LogP contribution >= 0.6 is 0 Å². The highest BCUT2D eigenvalue weighted by Crippen LogP contribution is 2.25. The van der Waals surface area contributed by atoms with Gasteiger partial charge >= 0.3 is 0 Å². The second-order valence-corrected chi connectivity index (χ2v) is 7.76. The summed E-state index contributed by atoms with van der Waals surface area (Å²) < 4.78 is 5.96. The summed E-state index contributed by atoms with van der Waals surface area (Å²) in [6.07, 6.45) is 2.60. The van der Waals surface area contributed by atoms with E-state index in [0.29, 0.717) is 30.9 Å². The highest BCUT2D eigenvalue weighted by molar-refractivity contribution is 5.92. The Labute approximate surface area is 180 Å². The summed E-state index contributed by atoms with van der Waals surface area (Å²) in [6.45, 7) is 0.453. The van der Waals surface area contributed by atoms with E-state index in [0.717, 1.165) is 23.9 Å². The number of nitrogens with zero attached hydrogens (tertiary/aromatic N) is 1. The Kier molecular flexibility index (Phi) is 6.29. The number of benzene rings is 2. The molecule has 8 heteroatoms. The molecule has 31 heavy (non-hydrogen) atoms. The fourth-order valence-electron chi connectivity index (χ4n) is 3.92. The zero-order valence-electron chi connectivity index (χ0n) is 17.3. The lowest BCUT2D eigenvalue weighted by Gasteiger charge is -2.31. The molecule has 1 fully saturated rings. The van der Waals surface area contributed by atoms with Crippen molar-refractivity contribution in [3.05, 3.63) is 66.1 Å². The van der Waals surface area contributed by atoms with Crippen molar-refractivity contribution < 1.29 is 14.0 Å². The molecule has 1 saturated heterocycles. The lowest BCUT2D eigenvalue weighted by Crippen LogP contribution is -2.65. The first-order valence-electron chi connectivity index (χ1n) is 10.6. The van der Waals surface area contributed by atoms with Gasteiger partial charge in [0.1, 0.15) is 11.6 Å². The molecule has 3 aromatic rings. The first kappa shape index (κ1) is 21.0. The van der Waals surface area contributed by atoms with Gasteiger partial charge in [-0.3, -0.25) is 14.9 Å². The van der Waals surface area contributed by atoms with Gasteiger partial charge in [0.2, 0.25) is 11.8 Å². The maximum atomic E-state index is 13.3. The lowest BCUT2D eigenvalue weighted by atomic mass is 10.0. The van der Waals surface area contributed by atoms with Gasteiger partial charge in [0, 0.05) is 0 Å². The first-order chi connectivity index (χ1) is 15.1. The fraction of sp³-hybridized carbons (Fsp3) is 0.348. The average molecular weight is 422 g/mol. The molecule has 0 radical (unpaired) electrons. The molecule has 0 bridgehead atoms. The van der Waals surface area contributed by atoms with Crippen molar-refractivity contribution >= 4 is 22.9 Å². The van der Waals surface area contributed by atoms with E-state index in [9.17, 15) is 9.59 Å². The van der Waals surface area contributed by atoms with Crippen LogP contribution in [-0.2, 0) is 16.0 Å². The molecule has 2 amide bonds. The molecule has 5 N–H and O–H groups in total. The number of para-hydroxylation sites is 2. The third-order valence-corrected chi connectivity index (χ3v) is 5.56. The smallest absolute Gasteiger partial charge is 0.261 e. The van der Waals surface area contributed by atoms with E-state index in [4.69, 9.17) is 10.2 Å². The van der Waals surface area contributed by atoms with Crippen molar-refractivity contribution in [3.8, 4) is 0 Å². The Morgan fingerprint density at radius 1 is 1.16 bits per heavy atom. The minimum Gasteiger partial charge on any atom is -0.438 e. The summed E-state index contributed by atoms with van der Waals surface area (Å²) in [6, 6.07) is 17.1. The molecule has 0 spiro atoms. The van der Waals surface area contributed by atoms with Crippen LogP contribution in [0.15, 0.2) is 59.0 Å². The van der Waals surface area contributed by atoms with E-state index in [2.05, 4.69) is 20.9 Å². The monoisotopic (exact) mass is 421 g/mol. The van der Waals surface area contributed by atoms with Gasteiger partial charge in [-0.2, -0.15) is 0 Å². The van der Waals surface area contributed by atoms with Crippen molar-refractivity contribution in [1.82, 2.24) is 20.9 Å². The van der Waals surface area contributed by atoms with Crippen molar-refractivity contribution in [1.29, 1.82) is 0 Å². The Balaban J connectivity index is 1.58. The summed E-state index contributed by atoms with van der Waals surface area (Å²) >= 11 is 0. The predicted octanol–water partition coefficient (Wildman–Crippen LogP) is 1.77. The fourth-order valence-corrected chi connectivity index (χ4v) is 3.92. The van der Waals surface area contributed by atoms with E-state index in [1.54, 1.807) is 0 Å². The number of aryl methyl sites for hydroxylation is 1. The molecule has 1 aliphatic rings. The number of aromatic nitrogens is 1. The van der Waals surface area contributed by atoms with E-state index in [1.165, 1.54) is 0 Å². The number of oxazole rings is 1. The number of amides is 2. The number of hydrogen-bond acceptors (Lipinski definition) is 6. The summed E-state index contributed by atoms with van der Waals surface area (Å²) in [5.74, 6) is -0.247. The minimum absolute atomic E-state index is 0.181. The summed E-state index contributed by atoms with van der Waals surface area (Å²) in [5.41, 5.74) is 6.85. The molecule has 1 aliphatic heterocycles. The maximum absolute atomic E-state index is 13.3. The van der Waals surface area contributed by atoms with Crippen LogP contribution in [0.1, 0.15) is 36.8 Å². The zero-order valence-corrected chi connectivity index (χ0v) is 17.3. The quantitative estimate of drug-likeness (QED) is 0.440. The standard InChI is InChI=1S/C23H27N5O3/c24-15-20(29)28-23(13-6-14-25-23)22(30)27-18(12-11-16-7-2-1-3-8-16)21-26-17-9-4-5-10-19(17)31-21/h1-5,7-10,18,25H,6,11-15,24H2,(H,27,30)(H,28,29)/t18-,23?/m1/s1. The number of carbonyl (C=O) groups excluding carboxylic acids is 2. The van der Waals surface area contributed by atoms with Gasteiger partial charge in [-0.25, -0.2) is 4.98 Å². The van der Waals surface area contributed by atoms with Crippen LogP contribution in [-0.4, -0.2) is 35.6 Å². The highest BCUT2D eigenvalue weighted by Gasteiger charge is 2.43. The molecule has 2 heterocycles. The van der Waals surface area contributed by atoms with E-state index in [-0.39, 0.29) is 18.4 Å². The Hall–Kier alpha value is -3.23. The molecule has 1 aromatic heterocycles. The minimum atomic E-state index is -1.17. The molecule has 2 atom stereocenters. The van der Waals surface area contributed by atoms with E-state index >= 15 is 0 Å². The lowest BCUT2D eigenvalue weighted by molar-refractivity contribution is -0.134. The van der Waals surface area contributed by atoms with Crippen LogP contribution in [0.2, 0.25) is 0 Å². The second kappa shape index (κ2) is 9.28. The number of carbonyl (C=O) groups is 2. The third-order valence-electron chi connectivity index (χ3n) is 5.56. The van der Waals surface area contributed by atoms with Crippen LogP contribution in [0.5, 0.6) is 0 Å². The normalized spacial score (nSPS) is 19.3. The van der Waals surface area contributed by atoms with Gasteiger partial charge < -0.3 is 20.8 Å². The van der Waals surface area contributed by atoms with Crippen LogP contribution in [0.3, 0.4) is 0 Å². The van der Waals surface area contributed by atoms with Gasteiger partial charge in [0.15, 0.2) is 11.2 Å². The molecule has 0 saturated carbocycles. The molecule has 8 nitrogen and oxygen atoms in total. The van der Waals surface area contributed by atoms with Gasteiger partial charge in [0.05, 0.1) is 6.54 Å². The Morgan fingerprint density at radius 2 is 1.94 bits per heavy atom. The molecule has 162 valence electrons. The highest BCUT2D eigenvalue weighted by atomic mass is 16.3. The largest absolute Gasteiger partial charge is 0.438 e. The SMILES string of the molecule is NCC(=O)NC1(C(=O)N[C@H](CCc2ccccc2)c2nc3ccccc3o2)CCCN1. The molecular formula is C23H27N5O3. The van der Waals surface area contributed by atoms with Crippen molar-refractivity contribution in [2.75, 3.05) is 13.1 Å². The van der Waals surface area contributed by atoms with Crippen molar-refractivity contribution in [2.45, 2.75) is 37.4 Å². The summed E-state index contributed by atoms with van der Waals surface area (Å²) in [5, 5.41) is 8.97. The number of nitrogens with two attached hydrogens (primary N) is 1. The number of nitrogens with one attached hydrogen (secondary N) is 3. The van der Waals surface area contributed by atoms with Crippen LogP contribution in [0.4, 0.5) is 0 Å². The van der Waals surface area contributed by atoms with Gasteiger partial charge in [-0.1, -0.05) is 42.5 Å². The van der Waals surface area contributed by atoms with Crippen molar-refractivity contribution in [2.24, 2.45) is 5.73 Å². The molecular weight excluding hydrogens is 394 g/mol. The van der Waals surface area contributed by atoms with Crippen molar-refractivity contribution in [3.63, 3.8) is 0 Å². The maximum Gasteiger partial charge on any atom is 0.261 e. The first-order valence-corrected chi connectivity index (χ1v) is 10.6. The topological polar surface area (TPSA) is 122 Å². The van der Waals surface area contributed by atoms with E-state index in [1.807, 2.05) is 54.6 Å². The number of rotatable bonds is 8. The van der Waals surface area contributed by atoms with E-state index < -0.39 is 11.7 Å². The molecule has 4 rings (SSSR count). The Morgan fingerprint density at radius 3 is 2.65 bits per heavy atom. The summed E-state index contributed by atoms with van der Waals surface area (Å²) in [7, 11) is 0. The van der Waals surface area contributed by atoms with Gasteiger partial charge in [0.25, 0.3) is 5.91 Å². The van der Waals surface area contributed by atoms with Gasteiger partial charge in [-0.15, -0.1) is 0 Å². The predicted molar refractivity (Wildman–Crippen MR) is 117 cm³/mol. The van der Waals surface area contributed by atoms with Gasteiger partial charge in [-0.05, 0) is 49.9 Å². The zero-order chi connectivity index (χ0) is 21.7. The van der Waals surface area contributed by atoms with Crippen LogP contribution < -0.4 is 21.7 Å². The Bertz CT molecular complexity index is 1010. The summed E-state index contributed by atoms with van der Waals surface area (Å²) in [4.78, 5) is 29.9. The van der Waals surface area contributed by atoms with Crippen LogP contribution in [0.25, 0.3) is 11.1 Å². The number of hydrogen-bond donors (Lipinski definition) is 4. The average Bonchev–Trinajstić information content (AvgIpc) is 3.45. The van der Waals surface area contributed by atoms with Crippen LogP contribution in [0, 0.1) is 0 Å². The second-order valence-electron chi connectivity index (χ2n) is 7.76. The molecule has 2 aromatic carbocycles. The molecule has 0 aliphatic carbocycles. The number of fused-ring (bicyclic) bond motifs is 1. The molecule has 1 unspecified atom stereocenters. The third kappa shape index (κ3) is 4.76.